The topological polar surface area (TPSA) is 119 Å². The number of nitrogens with one attached hydrogen (secondary N) is 1. The molecular formula is C21H22F3N3O5S. The van der Waals surface area contributed by atoms with Crippen LogP contribution >= 0.6 is 0 Å². The minimum absolute atomic E-state index is 0.0193. The lowest BCUT2D eigenvalue weighted by Gasteiger charge is -2.22. The average molecular weight is 485 g/mol. The smallest absolute Gasteiger partial charge is 0.310 e. The highest BCUT2D eigenvalue weighted by Gasteiger charge is 2.38. The Bertz CT molecular complexity index is 1140. The van der Waals surface area contributed by atoms with E-state index in [4.69, 9.17) is 0 Å². The van der Waals surface area contributed by atoms with E-state index in [1.54, 1.807) is 0 Å². The van der Waals surface area contributed by atoms with Crippen molar-refractivity contribution in [3.8, 4) is 0 Å². The predicted molar refractivity (Wildman–Crippen MR) is 113 cm³/mol. The molecule has 0 radical (unpaired) electrons. The fourth-order valence-electron chi connectivity index (χ4n) is 4.06. The number of sulfone groups is 1. The maximum Gasteiger partial charge on any atom is 0.417 e. The second-order valence-corrected chi connectivity index (χ2v) is 10.1. The van der Waals surface area contributed by atoms with Crippen LogP contribution in [0, 0.1) is 16.0 Å². The van der Waals surface area contributed by atoms with Gasteiger partial charge in [-0.05, 0) is 36.1 Å². The number of nitro groups is 1. The molecule has 0 bridgehead atoms. The third-order valence-electron chi connectivity index (χ3n) is 5.68. The van der Waals surface area contributed by atoms with Crippen molar-refractivity contribution in [1.29, 1.82) is 0 Å². The zero-order chi connectivity index (χ0) is 24.4. The number of pyridine rings is 1. The van der Waals surface area contributed by atoms with Gasteiger partial charge in [0, 0.05) is 12.3 Å². The summed E-state index contributed by atoms with van der Waals surface area (Å²) in [5.41, 5.74) is -1.55. The molecule has 1 aromatic heterocycles. The number of nitrogens with zero attached hydrogens (tertiary/aromatic N) is 2. The summed E-state index contributed by atoms with van der Waals surface area (Å²) in [6.45, 7) is 0. The van der Waals surface area contributed by atoms with Gasteiger partial charge in [0.15, 0.2) is 9.84 Å². The van der Waals surface area contributed by atoms with Crippen LogP contribution in [0.3, 0.4) is 0 Å². The first-order chi connectivity index (χ1) is 15.4. The molecule has 1 fully saturated rings. The normalized spacial score (nSPS) is 15.9. The highest BCUT2D eigenvalue weighted by atomic mass is 32.2. The second-order valence-electron chi connectivity index (χ2n) is 8.11. The molecule has 178 valence electrons. The van der Waals surface area contributed by atoms with E-state index in [-0.39, 0.29) is 29.4 Å². The van der Waals surface area contributed by atoms with Crippen molar-refractivity contribution in [3.63, 3.8) is 0 Å². The van der Waals surface area contributed by atoms with Gasteiger partial charge >= 0.3 is 6.18 Å². The molecule has 1 atom stereocenters. The number of halogens is 3. The zero-order valence-corrected chi connectivity index (χ0v) is 18.4. The van der Waals surface area contributed by atoms with Crippen LogP contribution in [0.1, 0.15) is 49.1 Å². The summed E-state index contributed by atoms with van der Waals surface area (Å²) in [6, 6.07) is 5.22. The van der Waals surface area contributed by atoms with Gasteiger partial charge in [0.1, 0.15) is 12.0 Å². The number of alkyl halides is 3. The quantitative estimate of drug-likeness (QED) is 0.448. The molecular weight excluding hydrogens is 463 g/mol. The zero-order valence-electron chi connectivity index (χ0n) is 17.6. The highest BCUT2D eigenvalue weighted by molar-refractivity contribution is 7.90. The van der Waals surface area contributed by atoms with E-state index in [2.05, 4.69) is 10.3 Å². The number of amides is 1. The maximum absolute atomic E-state index is 13.6. The van der Waals surface area contributed by atoms with Crippen molar-refractivity contribution in [2.75, 3.05) is 11.6 Å². The third kappa shape index (κ3) is 6.06. The largest absolute Gasteiger partial charge is 0.417 e. The minimum atomic E-state index is -4.93. The SMILES string of the molecule is CS(=O)(=O)c1ccc(C(CC2CCCC2)C(=O)Nc2ccc([N+](=O)[O-])cn2)cc1C(F)(F)F. The van der Waals surface area contributed by atoms with Crippen molar-refractivity contribution < 1.29 is 31.3 Å². The molecule has 8 nitrogen and oxygen atoms in total. The lowest BCUT2D eigenvalue weighted by atomic mass is 9.86. The number of hydrogen-bond acceptors (Lipinski definition) is 6. The summed E-state index contributed by atoms with van der Waals surface area (Å²) in [5.74, 6) is -1.46. The monoisotopic (exact) mass is 485 g/mol. The molecule has 0 spiro atoms. The van der Waals surface area contributed by atoms with Gasteiger partial charge in [-0.3, -0.25) is 14.9 Å². The summed E-state index contributed by atoms with van der Waals surface area (Å²) in [4.78, 5) is 26.2. The summed E-state index contributed by atoms with van der Waals surface area (Å²) >= 11 is 0. The first-order valence-corrected chi connectivity index (χ1v) is 12.1. The molecule has 33 heavy (non-hydrogen) atoms. The van der Waals surface area contributed by atoms with Crippen molar-refractivity contribution in [2.45, 2.75) is 49.1 Å². The number of hydrogen-bond donors (Lipinski definition) is 1. The van der Waals surface area contributed by atoms with Crippen molar-refractivity contribution in [1.82, 2.24) is 4.98 Å². The van der Waals surface area contributed by atoms with Crippen LogP contribution < -0.4 is 5.32 Å². The molecule has 3 rings (SSSR count). The number of aromatic nitrogens is 1. The maximum atomic E-state index is 13.6. The summed E-state index contributed by atoms with van der Waals surface area (Å²) in [7, 11) is -4.15. The van der Waals surface area contributed by atoms with E-state index < -0.39 is 43.2 Å². The Morgan fingerprint density at radius 3 is 2.42 bits per heavy atom. The van der Waals surface area contributed by atoms with Crippen molar-refractivity contribution in [3.05, 3.63) is 57.8 Å². The molecule has 2 aromatic rings. The van der Waals surface area contributed by atoms with Crippen LogP contribution in [0.25, 0.3) is 0 Å². The Balaban J connectivity index is 1.97. The number of benzene rings is 1. The lowest BCUT2D eigenvalue weighted by molar-refractivity contribution is -0.385. The fraction of sp³-hybridized carbons (Fsp3) is 0.429. The van der Waals surface area contributed by atoms with E-state index in [0.717, 1.165) is 50.1 Å². The standard InChI is InChI=1S/C21H22F3N3O5S/c1-33(31,32)18-8-6-14(11-17(18)21(22,23)24)16(10-13-4-2-3-5-13)20(28)26-19-9-7-15(12-25-19)27(29)30/h6-9,11-13,16H,2-5,10H2,1H3,(H,25,26,28). The summed E-state index contributed by atoms with van der Waals surface area (Å²) in [5, 5.41) is 13.3. The van der Waals surface area contributed by atoms with Gasteiger partial charge in [0.2, 0.25) is 5.91 Å². The van der Waals surface area contributed by atoms with Crippen LogP contribution in [0.4, 0.5) is 24.7 Å². The van der Waals surface area contributed by atoms with E-state index in [0.29, 0.717) is 6.26 Å². The Labute approximate surface area is 188 Å². The molecule has 0 saturated heterocycles. The molecule has 1 heterocycles. The van der Waals surface area contributed by atoms with Crippen LogP contribution in [0.15, 0.2) is 41.4 Å². The first kappa shape index (κ1) is 24.6. The number of rotatable bonds is 7. The summed E-state index contributed by atoms with van der Waals surface area (Å²) < 4.78 is 64.7. The van der Waals surface area contributed by atoms with Gasteiger partial charge in [-0.25, -0.2) is 13.4 Å². The molecule has 1 amide bonds. The molecule has 1 unspecified atom stereocenters. The van der Waals surface area contributed by atoms with Crippen LogP contribution in [-0.4, -0.2) is 30.5 Å². The van der Waals surface area contributed by atoms with Gasteiger partial charge in [-0.15, -0.1) is 0 Å². The Morgan fingerprint density at radius 1 is 1.24 bits per heavy atom. The fourth-order valence-corrected chi connectivity index (χ4v) is 4.95. The number of carbonyl (C=O) groups is 1. The molecule has 1 N–H and O–H groups in total. The Hall–Kier alpha value is -3.02. The predicted octanol–water partition coefficient (Wildman–Crippen LogP) is 4.71. The number of anilines is 1. The van der Waals surface area contributed by atoms with Gasteiger partial charge in [0.25, 0.3) is 5.69 Å². The number of carbonyl (C=O) groups excluding carboxylic acids is 1. The van der Waals surface area contributed by atoms with E-state index in [1.807, 2.05) is 0 Å². The second kappa shape index (κ2) is 9.46. The molecule has 1 aromatic carbocycles. The van der Waals surface area contributed by atoms with E-state index in [1.165, 1.54) is 12.1 Å². The minimum Gasteiger partial charge on any atom is -0.310 e. The molecule has 0 aliphatic heterocycles. The highest BCUT2D eigenvalue weighted by Crippen LogP contribution is 2.39. The van der Waals surface area contributed by atoms with Crippen LogP contribution in [-0.2, 0) is 20.8 Å². The lowest BCUT2D eigenvalue weighted by Crippen LogP contribution is -2.24. The molecule has 1 aliphatic rings. The van der Waals surface area contributed by atoms with Gasteiger partial charge in [0.05, 0.1) is 21.3 Å². The molecule has 1 saturated carbocycles. The molecule has 12 heteroatoms. The first-order valence-electron chi connectivity index (χ1n) is 10.2. The third-order valence-corrected chi connectivity index (χ3v) is 6.84. The van der Waals surface area contributed by atoms with Crippen molar-refractivity contribution >= 4 is 27.2 Å². The average Bonchev–Trinajstić information content (AvgIpc) is 3.24. The Kier molecular flexibility index (Phi) is 7.06. The Morgan fingerprint density at radius 2 is 1.91 bits per heavy atom. The summed E-state index contributed by atoms with van der Waals surface area (Å²) in [6.07, 6.45) is 0.620. The van der Waals surface area contributed by atoms with Crippen LogP contribution in [0.5, 0.6) is 0 Å². The van der Waals surface area contributed by atoms with Gasteiger partial charge < -0.3 is 5.32 Å². The van der Waals surface area contributed by atoms with Crippen molar-refractivity contribution in [2.24, 2.45) is 5.92 Å². The van der Waals surface area contributed by atoms with E-state index >= 15 is 0 Å². The van der Waals surface area contributed by atoms with Crippen LogP contribution in [0.2, 0.25) is 0 Å². The van der Waals surface area contributed by atoms with E-state index in [9.17, 15) is 36.5 Å². The van der Waals surface area contributed by atoms with Gasteiger partial charge in [-0.2, -0.15) is 13.2 Å². The molecule has 1 aliphatic carbocycles. The van der Waals surface area contributed by atoms with Gasteiger partial charge in [-0.1, -0.05) is 31.7 Å².